The summed E-state index contributed by atoms with van der Waals surface area (Å²) < 4.78 is 1.35. The van der Waals surface area contributed by atoms with Gasteiger partial charge in [-0.1, -0.05) is 29.3 Å². The SMILES string of the molecule is Cc1nn(-c2cccc(Cl)c2[N+](=O)[O-])cc1Cl. The molecule has 1 heterocycles. The van der Waals surface area contributed by atoms with Crippen molar-refractivity contribution >= 4 is 28.9 Å². The van der Waals surface area contributed by atoms with Crippen molar-refractivity contribution in [3.8, 4) is 5.69 Å². The van der Waals surface area contributed by atoms with Gasteiger partial charge < -0.3 is 0 Å². The number of aryl methyl sites for hydroxylation is 1. The second-order valence-electron chi connectivity index (χ2n) is 3.37. The third-order valence-electron chi connectivity index (χ3n) is 2.23. The number of nitro groups is 1. The number of nitro benzene ring substituents is 1. The number of benzene rings is 1. The summed E-state index contributed by atoms with van der Waals surface area (Å²) in [6, 6.07) is 4.64. The maximum Gasteiger partial charge on any atom is 0.313 e. The second-order valence-corrected chi connectivity index (χ2v) is 4.19. The van der Waals surface area contributed by atoms with Crippen LogP contribution in [0, 0.1) is 17.0 Å². The number of halogens is 2. The summed E-state index contributed by atoms with van der Waals surface area (Å²) in [5.74, 6) is 0. The smallest absolute Gasteiger partial charge is 0.258 e. The van der Waals surface area contributed by atoms with E-state index in [1.165, 1.54) is 16.9 Å². The number of para-hydroxylation sites is 1. The zero-order valence-electron chi connectivity index (χ0n) is 8.72. The highest BCUT2D eigenvalue weighted by atomic mass is 35.5. The largest absolute Gasteiger partial charge is 0.313 e. The molecule has 0 N–H and O–H groups in total. The van der Waals surface area contributed by atoms with Gasteiger partial charge in [-0.15, -0.1) is 0 Å². The topological polar surface area (TPSA) is 61.0 Å². The van der Waals surface area contributed by atoms with Crippen LogP contribution < -0.4 is 0 Å². The van der Waals surface area contributed by atoms with Crippen molar-refractivity contribution in [1.82, 2.24) is 9.78 Å². The van der Waals surface area contributed by atoms with Crippen LogP contribution in [0.4, 0.5) is 5.69 Å². The van der Waals surface area contributed by atoms with Gasteiger partial charge in [-0.05, 0) is 19.1 Å². The Bertz CT molecular complexity index is 576. The van der Waals surface area contributed by atoms with Crippen LogP contribution in [0.1, 0.15) is 5.69 Å². The van der Waals surface area contributed by atoms with Gasteiger partial charge in [-0.2, -0.15) is 5.10 Å². The first-order valence-corrected chi connectivity index (χ1v) is 5.41. The Morgan fingerprint density at radius 1 is 1.35 bits per heavy atom. The van der Waals surface area contributed by atoms with Crippen molar-refractivity contribution in [3.63, 3.8) is 0 Å². The number of aromatic nitrogens is 2. The minimum absolute atomic E-state index is 0.0665. The van der Waals surface area contributed by atoms with E-state index >= 15 is 0 Å². The van der Waals surface area contributed by atoms with Crippen LogP contribution in [0.5, 0.6) is 0 Å². The molecular weight excluding hydrogens is 265 g/mol. The standard InChI is InChI=1S/C10H7Cl2N3O2/c1-6-8(12)5-14(13-6)9-4-2-3-7(11)10(9)15(16)17/h2-5H,1H3. The van der Waals surface area contributed by atoms with Crippen LogP contribution in [0.3, 0.4) is 0 Å². The number of hydrogen-bond acceptors (Lipinski definition) is 3. The number of rotatable bonds is 2. The monoisotopic (exact) mass is 271 g/mol. The van der Waals surface area contributed by atoms with Gasteiger partial charge in [-0.3, -0.25) is 10.1 Å². The molecule has 0 aliphatic rings. The maximum atomic E-state index is 11.0. The van der Waals surface area contributed by atoms with Gasteiger partial charge in [-0.25, -0.2) is 4.68 Å². The lowest BCUT2D eigenvalue weighted by atomic mass is 10.2. The average Bonchev–Trinajstić information content (AvgIpc) is 2.58. The van der Waals surface area contributed by atoms with Crippen LogP contribution in [0.2, 0.25) is 10.0 Å². The van der Waals surface area contributed by atoms with Crippen molar-refractivity contribution in [2.24, 2.45) is 0 Å². The van der Waals surface area contributed by atoms with Crippen molar-refractivity contribution in [2.45, 2.75) is 6.92 Å². The molecular formula is C10H7Cl2N3O2. The van der Waals surface area contributed by atoms with Crippen LogP contribution in [0.25, 0.3) is 5.69 Å². The third-order valence-corrected chi connectivity index (χ3v) is 2.91. The Hall–Kier alpha value is -1.59. The van der Waals surface area contributed by atoms with Gasteiger partial charge >= 0.3 is 5.69 Å². The second kappa shape index (κ2) is 4.35. The Morgan fingerprint density at radius 3 is 2.59 bits per heavy atom. The van der Waals surface area contributed by atoms with Crippen LogP contribution in [-0.4, -0.2) is 14.7 Å². The Balaban J connectivity index is 2.67. The van der Waals surface area contributed by atoms with Crippen molar-refractivity contribution < 1.29 is 4.92 Å². The van der Waals surface area contributed by atoms with Gasteiger partial charge in [0.25, 0.3) is 0 Å². The van der Waals surface area contributed by atoms with Crippen LogP contribution >= 0.6 is 23.2 Å². The Morgan fingerprint density at radius 2 is 2.06 bits per heavy atom. The lowest BCUT2D eigenvalue weighted by Crippen LogP contribution is -2.01. The molecule has 0 radical (unpaired) electrons. The first-order valence-electron chi connectivity index (χ1n) is 4.65. The Labute approximate surface area is 107 Å². The lowest BCUT2D eigenvalue weighted by Gasteiger charge is -2.03. The fourth-order valence-corrected chi connectivity index (χ4v) is 1.80. The molecule has 0 aliphatic carbocycles. The highest BCUT2D eigenvalue weighted by Crippen LogP contribution is 2.31. The first-order chi connectivity index (χ1) is 8.00. The van der Waals surface area contributed by atoms with Crippen molar-refractivity contribution in [2.75, 3.05) is 0 Å². The van der Waals surface area contributed by atoms with E-state index in [1.54, 1.807) is 19.1 Å². The maximum absolute atomic E-state index is 11.0. The molecule has 0 bridgehead atoms. The van der Waals surface area contributed by atoms with Gasteiger partial charge in [0, 0.05) is 6.20 Å². The van der Waals surface area contributed by atoms with Crippen LogP contribution in [-0.2, 0) is 0 Å². The molecule has 17 heavy (non-hydrogen) atoms. The minimum atomic E-state index is -0.539. The molecule has 0 atom stereocenters. The molecule has 2 rings (SSSR count). The molecule has 1 aromatic heterocycles. The molecule has 0 saturated carbocycles. The molecule has 0 spiro atoms. The molecule has 0 amide bonds. The highest BCUT2D eigenvalue weighted by molar-refractivity contribution is 6.33. The van der Waals surface area contributed by atoms with E-state index in [1.807, 2.05) is 0 Å². The third kappa shape index (κ3) is 2.11. The summed E-state index contributed by atoms with van der Waals surface area (Å²) in [6.45, 7) is 1.72. The number of hydrogen-bond donors (Lipinski definition) is 0. The molecule has 0 saturated heterocycles. The summed E-state index contributed by atoms with van der Waals surface area (Å²) in [5.41, 5.74) is 0.701. The molecule has 88 valence electrons. The highest BCUT2D eigenvalue weighted by Gasteiger charge is 2.20. The summed E-state index contributed by atoms with van der Waals surface area (Å²) >= 11 is 11.7. The van der Waals surface area contributed by atoms with Crippen molar-refractivity contribution in [1.29, 1.82) is 0 Å². The summed E-state index contributed by atoms with van der Waals surface area (Å²) in [7, 11) is 0. The Kier molecular flexibility index (Phi) is 3.04. The molecule has 0 aliphatic heterocycles. The van der Waals surface area contributed by atoms with E-state index in [0.717, 1.165) is 0 Å². The normalized spacial score (nSPS) is 10.5. The van der Waals surface area contributed by atoms with Crippen LogP contribution in [0.15, 0.2) is 24.4 Å². The van der Waals surface area contributed by atoms with E-state index in [0.29, 0.717) is 10.7 Å². The van der Waals surface area contributed by atoms with Gasteiger partial charge in [0.2, 0.25) is 0 Å². The molecule has 5 nitrogen and oxygen atoms in total. The molecule has 0 unspecified atom stereocenters. The fourth-order valence-electron chi connectivity index (χ4n) is 1.43. The van der Waals surface area contributed by atoms with Gasteiger partial charge in [0.1, 0.15) is 10.7 Å². The van der Waals surface area contributed by atoms with E-state index in [4.69, 9.17) is 23.2 Å². The molecule has 1 aromatic carbocycles. The first kappa shape index (κ1) is 11.9. The molecule has 2 aromatic rings. The summed E-state index contributed by atoms with van der Waals surface area (Å²) in [4.78, 5) is 10.4. The quantitative estimate of drug-likeness (QED) is 0.621. The zero-order valence-corrected chi connectivity index (χ0v) is 10.2. The average molecular weight is 272 g/mol. The fraction of sp³-hybridized carbons (Fsp3) is 0.100. The van der Waals surface area contributed by atoms with E-state index in [-0.39, 0.29) is 16.4 Å². The summed E-state index contributed by atoms with van der Waals surface area (Å²) in [5, 5.41) is 15.6. The summed E-state index contributed by atoms with van der Waals surface area (Å²) in [6.07, 6.45) is 1.51. The van der Waals surface area contributed by atoms with E-state index < -0.39 is 4.92 Å². The molecule has 7 heteroatoms. The predicted molar refractivity (Wildman–Crippen MR) is 65.0 cm³/mol. The van der Waals surface area contributed by atoms with Crippen molar-refractivity contribution in [3.05, 3.63) is 50.2 Å². The minimum Gasteiger partial charge on any atom is -0.258 e. The van der Waals surface area contributed by atoms with E-state index in [9.17, 15) is 10.1 Å². The lowest BCUT2D eigenvalue weighted by molar-refractivity contribution is -0.384. The zero-order chi connectivity index (χ0) is 12.6. The molecule has 0 fully saturated rings. The van der Waals surface area contributed by atoms with Gasteiger partial charge in [0.05, 0.1) is 15.6 Å². The van der Waals surface area contributed by atoms with Gasteiger partial charge in [0.15, 0.2) is 0 Å². The van der Waals surface area contributed by atoms with E-state index in [2.05, 4.69) is 5.10 Å². The predicted octanol–water partition coefficient (Wildman–Crippen LogP) is 3.40. The number of nitrogens with zero attached hydrogens (tertiary/aromatic N) is 3.